The van der Waals surface area contributed by atoms with Crippen LogP contribution in [0.25, 0.3) is 0 Å². The van der Waals surface area contributed by atoms with Gasteiger partial charge in [0.05, 0.1) is 23.1 Å². The van der Waals surface area contributed by atoms with Crippen LogP contribution in [0.3, 0.4) is 0 Å². The first kappa shape index (κ1) is 25.1. The van der Waals surface area contributed by atoms with Crippen molar-refractivity contribution in [3.63, 3.8) is 0 Å². The lowest BCUT2D eigenvalue weighted by Gasteiger charge is -2.52. The van der Waals surface area contributed by atoms with Gasteiger partial charge in [0.15, 0.2) is 34.5 Å². The lowest BCUT2D eigenvalue weighted by Crippen LogP contribution is -2.73. The quantitative estimate of drug-likeness (QED) is 0.467. The van der Waals surface area contributed by atoms with E-state index in [9.17, 15) is 39.0 Å². The van der Waals surface area contributed by atoms with Crippen LogP contribution in [0.5, 0.6) is 5.75 Å². The number of benzene rings is 1. The van der Waals surface area contributed by atoms with Gasteiger partial charge in [-0.3, -0.25) is 33.7 Å². The van der Waals surface area contributed by atoms with Crippen molar-refractivity contribution in [3.05, 3.63) is 28.3 Å². The fourth-order valence-electron chi connectivity index (χ4n) is 6.45. The maximum atomic E-state index is 13.8. The molecule has 0 spiro atoms. The number of phenolic OH excluding ortho intramolecular Hbond substituents is 1. The van der Waals surface area contributed by atoms with Gasteiger partial charge in [-0.15, -0.1) is 0 Å². The fourth-order valence-corrected chi connectivity index (χ4v) is 6.45. The molecule has 2 fully saturated rings. The molecule has 0 saturated heterocycles. The van der Waals surface area contributed by atoms with Crippen molar-refractivity contribution in [2.45, 2.75) is 51.7 Å². The Morgan fingerprint density at radius 3 is 2.26 bits per heavy atom. The van der Waals surface area contributed by atoms with Gasteiger partial charge in [0.25, 0.3) is 0 Å². The highest BCUT2D eigenvalue weighted by Crippen LogP contribution is 2.51. The van der Waals surface area contributed by atoms with E-state index in [0.29, 0.717) is 17.5 Å². The Balaban J connectivity index is 1.91. The molecule has 1 aromatic carbocycles. The molecule has 2 saturated carbocycles. The van der Waals surface area contributed by atoms with Crippen LogP contribution in [0.2, 0.25) is 0 Å². The highest BCUT2D eigenvalue weighted by molar-refractivity contribution is 6.32. The maximum absolute atomic E-state index is 13.8. The van der Waals surface area contributed by atoms with Crippen LogP contribution in [-0.4, -0.2) is 75.6 Å². The summed E-state index contributed by atoms with van der Waals surface area (Å²) in [5, 5.41) is 22.4. The Bertz CT molecular complexity index is 1210. The molecule has 9 heteroatoms. The average Bonchev–Trinajstić information content (AvgIpc) is 2.75. The second-order valence-corrected chi connectivity index (χ2v) is 10.2. The number of Topliss-reactive ketones (excluding diaryl/α,β-unsaturated/α-hetero) is 6. The van der Waals surface area contributed by atoms with Crippen LogP contribution in [0, 0.1) is 23.7 Å². The summed E-state index contributed by atoms with van der Waals surface area (Å²) in [4.78, 5) is 79.8. The monoisotopic (exact) mass is 483 g/mol. The van der Waals surface area contributed by atoms with Crippen molar-refractivity contribution < 1.29 is 39.0 Å². The van der Waals surface area contributed by atoms with Crippen LogP contribution in [0.1, 0.15) is 59.0 Å². The van der Waals surface area contributed by atoms with Gasteiger partial charge in [0, 0.05) is 5.92 Å². The van der Waals surface area contributed by atoms with Gasteiger partial charge in [-0.05, 0) is 70.3 Å². The molecule has 0 radical (unpaired) electrons. The molecule has 0 bridgehead atoms. The molecule has 3 unspecified atom stereocenters. The Labute approximate surface area is 202 Å². The van der Waals surface area contributed by atoms with E-state index in [4.69, 9.17) is 0 Å². The number of aliphatic hydroxyl groups is 1. The minimum atomic E-state index is -2.69. The number of carbonyl (C=O) groups excluding carboxylic acids is 6. The smallest absolute Gasteiger partial charge is 0.190 e. The number of phenols is 1. The molecule has 186 valence electrons. The summed E-state index contributed by atoms with van der Waals surface area (Å²) in [6, 6.07) is 0.492. The molecule has 2 N–H and O–H groups in total. The van der Waals surface area contributed by atoms with Gasteiger partial charge in [-0.1, -0.05) is 6.92 Å². The standard InChI is InChI=1S/C26H29NO8/c1-6-12-7-14(10(2)28)21(30)19-15(12)8-13-9-16-20(27(4)5)23(32)17(11(3)29)24(33)26(16,35)25(34)18(13)22(19)31/h7,13,16-18,20,30,35H,6,8-9H2,1-5H3/t13-,16-,17?,18?,20?,26+/m1/s1. The van der Waals surface area contributed by atoms with Crippen molar-refractivity contribution in [3.8, 4) is 5.75 Å². The number of aryl methyl sites for hydroxylation is 1. The summed E-state index contributed by atoms with van der Waals surface area (Å²) < 4.78 is 0. The van der Waals surface area contributed by atoms with E-state index in [1.165, 1.54) is 11.8 Å². The summed E-state index contributed by atoms with van der Waals surface area (Å²) in [6.07, 6.45) is 0.714. The molecule has 0 heterocycles. The summed E-state index contributed by atoms with van der Waals surface area (Å²) >= 11 is 0. The predicted octanol–water partition coefficient (Wildman–Crippen LogP) is 0.736. The van der Waals surface area contributed by atoms with Crippen LogP contribution in [-0.2, 0) is 32.0 Å². The molecule has 1 aromatic rings. The number of hydrogen-bond acceptors (Lipinski definition) is 9. The summed E-state index contributed by atoms with van der Waals surface area (Å²) in [5.41, 5.74) is -1.61. The number of carbonyl (C=O) groups is 6. The van der Waals surface area contributed by atoms with E-state index in [1.807, 2.05) is 6.92 Å². The summed E-state index contributed by atoms with van der Waals surface area (Å²) in [6.45, 7) is 4.17. The van der Waals surface area contributed by atoms with Gasteiger partial charge < -0.3 is 10.2 Å². The van der Waals surface area contributed by atoms with E-state index >= 15 is 0 Å². The van der Waals surface area contributed by atoms with Crippen molar-refractivity contribution in [1.29, 1.82) is 0 Å². The molecule has 6 atom stereocenters. The number of nitrogens with zero attached hydrogens (tertiary/aromatic N) is 1. The Morgan fingerprint density at radius 1 is 1.11 bits per heavy atom. The van der Waals surface area contributed by atoms with Crippen LogP contribution in [0.15, 0.2) is 6.07 Å². The predicted molar refractivity (Wildman–Crippen MR) is 122 cm³/mol. The number of rotatable bonds is 4. The van der Waals surface area contributed by atoms with E-state index < -0.39 is 75.8 Å². The molecule has 3 aliphatic rings. The van der Waals surface area contributed by atoms with E-state index in [-0.39, 0.29) is 24.0 Å². The summed E-state index contributed by atoms with van der Waals surface area (Å²) in [5.74, 6) is -10.3. The maximum Gasteiger partial charge on any atom is 0.190 e. The minimum absolute atomic E-state index is 0.0292. The average molecular weight is 484 g/mol. The van der Waals surface area contributed by atoms with Crippen molar-refractivity contribution in [2.75, 3.05) is 14.1 Å². The first-order valence-corrected chi connectivity index (χ1v) is 11.7. The molecular formula is C26H29NO8. The van der Waals surface area contributed by atoms with E-state index in [1.54, 1.807) is 20.2 Å². The normalized spacial score (nSPS) is 32.3. The Hall–Kier alpha value is -3.04. The molecule has 0 aromatic heterocycles. The number of ketones is 6. The number of likely N-dealkylation sites (N-methyl/N-ethyl adjacent to an activating group) is 1. The first-order valence-electron chi connectivity index (χ1n) is 11.7. The topological polar surface area (TPSA) is 146 Å². The van der Waals surface area contributed by atoms with Crippen molar-refractivity contribution in [1.82, 2.24) is 4.90 Å². The zero-order valence-corrected chi connectivity index (χ0v) is 20.4. The zero-order chi connectivity index (χ0) is 26.1. The van der Waals surface area contributed by atoms with Gasteiger partial charge in [0.1, 0.15) is 17.5 Å². The lowest BCUT2D eigenvalue weighted by atomic mass is 9.52. The fraction of sp³-hybridized carbons (Fsp3) is 0.538. The number of hydrogen-bond donors (Lipinski definition) is 2. The largest absolute Gasteiger partial charge is 0.506 e. The van der Waals surface area contributed by atoms with Gasteiger partial charge in [-0.25, -0.2) is 0 Å². The SMILES string of the molecule is CCc1cc(C(C)=O)c(O)c2c1C[C@@H]1C[C@@H]3C(N(C)C)C(=O)C(C(C)=O)C(=O)[C@]3(O)C(=O)C1C2=O. The van der Waals surface area contributed by atoms with Gasteiger partial charge in [0.2, 0.25) is 0 Å². The molecule has 9 nitrogen and oxygen atoms in total. The van der Waals surface area contributed by atoms with Gasteiger partial charge >= 0.3 is 0 Å². The van der Waals surface area contributed by atoms with Crippen molar-refractivity contribution in [2.24, 2.45) is 23.7 Å². The van der Waals surface area contributed by atoms with E-state index in [2.05, 4.69) is 0 Å². The Morgan fingerprint density at radius 2 is 1.74 bits per heavy atom. The zero-order valence-electron chi connectivity index (χ0n) is 20.4. The van der Waals surface area contributed by atoms with Crippen LogP contribution >= 0.6 is 0 Å². The first-order chi connectivity index (χ1) is 16.3. The second kappa shape index (κ2) is 8.27. The molecule has 0 aliphatic heterocycles. The third-order valence-electron chi connectivity index (χ3n) is 8.04. The molecule has 3 aliphatic carbocycles. The van der Waals surface area contributed by atoms with Crippen LogP contribution < -0.4 is 0 Å². The second-order valence-electron chi connectivity index (χ2n) is 10.2. The van der Waals surface area contributed by atoms with E-state index in [0.717, 1.165) is 6.92 Å². The summed E-state index contributed by atoms with van der Waals surface area (Å²) in [7, 11) is 3.15. The van der Waals surface area contributed by atoms with Crippen molar-refractivity contribution >= 4 is 34.7 Å². The third-order valence-corrected chi connectivity index (χ3v) is 8.04. The highest BCUT2D eigenvalue weighted by Gasteiger charge is 2.69. The lowest BCUT2D eigenvalue weighted by molar-refractivity contribution is -0.181. The highest BCUT2D eigenvalue weighted by atomic mass is 16.3. The number of aromatic hydroxyl groups is 1. The van der Waals surface area contributed by atoms with Gasteiger partial charge in [-0.2, -0.15) is 0 Å². The van der Waals surface area contributed by atoms with Crippen LogP contribution in [0.4, 0.5) is 0 Å². The molecule has 0 amide bonds. The minimum Gasteiger partial charge on any atom is -0.506 e. The number of fused-ring (bicyclic) bond motifs is 3. The molecular weight excluding hydrogens is 454 g/mol. The molecule has 35 heavy (non-hydrogen) atoms. The third kappa shape index (κ3) is 3.28. The molecule has 4 rings (SSSR count). The Kier molecular flexibility index (Phi) is 5.92.